The number of hydrogen-bond acceptors (Lipinski definition) is 3. The van der Waals surface area contributed by atoms with Crippen LogP contribution in [0.15, 0.2) is 42.5 Å². The van der Waals surface area contributed by atoms with Crippen LogP contribution < -0.4 is 4.74 Å². The van der Waals surface area contributed by atoms with Gasteiger partial charge in [0.2, 0.25) is 0 Å². The molecule has 0 saturated heterocycles. The van der Waals surface area contributed by atoms with Crippen molar-refractivity contribution in [2.45, 2.75) is 19.6 Å². The number of benzene rings is 2. The summed E-state index contributed by atoms with van der Waals surface area (Å²) in [6, 6.07) is 11.7. The van der Waals surface area contributed by atoms with E-state index in [-0.39, 0.29) is 16.7 Å². The first-order valence-electron chi connectivity index (χ1n) is 7.02. The molecular formula is C17H17Cl2NO3. The lowest BCUT2D eigenvalue weighted by molar-refractivity contribution is -0.137. The molecule has 4 nitrogen and oxygen atoms in total. The van der Waals surface area contributed by atoms with Crippen LogP contribution >= 0.6 is 23.2 Å². The highest BCUT2D eigenvalue weighted by Gasteiger charge is 2.20. The van der Waals surface area contributed by atoms with Crippen molar-refractivity contribution >= 4 is 29.1 Å². The van der Waals surface area contributed by atoms with E-state index in [4.69, 9.17) is 27.9 Å². The van der Waals surface area contributed by atoms with Gasteiger partial charge in [-0.1, -0.05) is 41.4 Å². The number of halogens is 2. The molecule has 0 saturated carbocycles. The summed E-state index contributed by atoms with van der Waals surface area (Å²) in [5.41, 5.74) is 0.909. The topological polar surface area (TPSA) is 49.8 Å². The van der Waals surface area contributed by atoms with Gasteiger partial charge in [-0.3, -0.25) is 4.79 Å². The van der Waals surface area contributed by atoms with Gasteiger partial charge >= 0.3 is 0 Å². The summed E-state index contributed by atoms with van der Waals surface area (Å²) in [5, 5.41) is 9.94. The number of phenols is 1. The zero-order valence-corrected chi connectivity index (χ0v) is 14.3. The van der Waals surface area contributed by atoms with Crippen LogP contribution in [-0.2, 0) is 11.3 Å². The molecule has 1 amide bonds. The number of carbonyl (C=O) groups is 1. The normalized spacial score (nSPS) is 11.8. The van der Waals surface area contributed by atoms with Gasteiger partial charge in [0.05, 0.1) is 5.02 Å². The Kier molecular flexibility index (Phi) is 5.74. The molecule has 0 aliphatic heterocycles. The molecule has 1 atom stereocenters. The number of nitrogens with zero attached hydrogens (tertiary/aromatic N) is 1. The maximum absolute atomic E-state index is 12.4. The van der Waals surface area contributed by atoms with Crippen molar-refractivity contribution in [3.63, 3.8) is 0 Å². The van der Waals surface area contributed by atoms with Crippen molar-refractivity contribution in [2.24, 2.45) is 0 Å². The van der Waals surface area contributed by atoms with Crippen LogP contribution in [0.3, 0.4) is 0 Å². The molecule has 122 valence electrons. The highest BCUT2D eigenvalue weighted by molar-refractivity contribution is 6.42. The van der Waals surface area contributed by atoms with Gasteiger partial charge < -0.3 is 14.7 Å². The SMILES string of the molecule is C[C@H](Oc1cccc(Cl)c1Cl)C(=O)N(C)Cc1ccc(O)cc1. The van der Waals surface area contributed by atoms with Gasteiger partial charge in [0, 0.05) is 13.6 Å². The Labute approximate surface area is 145 Å². The fourth-order valence-electron chi connectivity index (χ4n) is 2.08. The number of phenolic OH excluding ortho intramolecular Hbond substituents is 1. The molecule has 0 bridgehead atoms. The number of likely N-dealkylation sites (N-methyl/N-ethyl adjacent to an activating group) is 1. The molecule has 1 N–H and O–H groups in total. The fourth-order valence-corrected chi connectivity index (χ4v) is 2.42. The van der Waals surface area contributed by atoms with Crippen molar-refractivity contribution < 1.29 is 14.6 Å². The van der Waals surface area contributed by atoms with E-state index in [1.807, 2.05) is 0 Å². The fraction of sp³-hybridized carbons (Fsp3) is 0.235. The largest absolute Gasteiger partial charge is 0.508 e. The number of hydrogen-bond donors (Lipinski definition) is 1. The molecule has 2 aromatic rings. The first-order valence-corrected chi connectivity index (χ1v) is 7.77. The number of rotatable bonds is 5. The molecule has 0 radical (unpaired) electrons. The lowest BCUT2D eigenvalue weighted by atomic mass is 10.2. The Morgan fingerprint density at radius 3 is 2.52 bits per heavy atom. The Bertz CT molecular complexity index is 689. The molecule has 2 aromatic carbocycles. The summed E-state index contributed by atoms with van der Waals surface area (Å²) >= 11 is 12.0. The maximum Gasteiger partial charge on any atom is 0.263 e. The van der Waals surface area contributed by atoms with E-state index < -0.39 is 6.10 Å². The Morgan fingerprint density at radius 1 is 1.22 bits per heavy atom. The number of aromatic hydroxyl groups is 1. The molecule has 0 aliphatic carbocycles. The Hall–Kier alpha value is -1.91. The predicted molar refractivity (Wildman–Crippen MR) is 91.1 cm³/mol. The van der Waals surface area contributed by atoms with Gasteiger partial charge in [-0.25, -0.2) is 0 Å². The van der Waals surface area contributed by atoms with Crippen LogP contribution in [0.2, 0.25) is 10.0 Å². The number of ether oxygens (including phenoxy) is 1. The quantitative estimate of drug-likeness (QED) is 0.879. The molecule has 2 rings (SSSR count). The second-order valence-corrected chi connectivity index (χ2v) is 5.96. The highest BCUT2D eigenvalue weighted by atomic mass is 35.5. The third-order valence-electron chi connectivity index (χ3n) is 3.30. The molecule has 0 spiro atoms. The third kappa shape index (κ3) is 4.53. The molecule has 6 heteroatoms. The Morgan fingerprint density at radius 2 is 1.87 bits per heavy atom. The number of amides is 1. The van der Waals surface area contributed by atoms with Crippen LogP contribution in [0.4, 0.5) is 0 Å². The number of carbonyl (C=O) groups excluding carboxylic acids is 1. The molecular weight excluding hydrogens is 337 g/mol. The standard InChI is InChI=1S/C17H17Cl2NO3/c1-11(23-15-5-3-4-14(18)16(15)19)17(22)20(2)10-12-6-8-13(21)9-7-12/h3-9,11,21H,10H2,1-2H3/t11-/m0/s1. The van der Waals surface area contributed by atoms with Crippen molar-refractivity contribution in [3.8, 4) is 11.5 Å². The van der Waals surface area contributed by atoms with E-state index in [1.54, 1.807) is 61.3 Å². The first-order chi connectivity index (χ1) is 10.9. The highest BCUT2D eigenvalue weighted by Crippen LogP contribution is 2.32. The molecule has 0 aliphatic rings. The summed E-state index contributed by atoms with van der Waals surface area (Å²) < 4.78 is 5.62. The van der Waals surface area contributed by atoms with Crippen LogP contribution in [0.1, 0.15) is 12.5 Å². The minimum atomic E-state index is -0.701. The maximum atomic E-state index is 12.4. The van der Waals surface area contributed by atoms with Gasteiger partial charge in [-0.05, 0) is 36.8 Å². The summed E-state index contributed by atoms with van der Waals surface area (Å²) in [4.78, 5) is 13.9. The second-order valence-electron chi connectivity index (χ2n) is 5.17. The van der Waals surface area contributed by atoms with Crippen LogP contribution in [0.25, 0.3) is 0 Å². The van der Waals surface area contributed by atoms with Gasteiger partial charge in [0.15, 0.2) is 6.10 Å². The first kappa shape index (κ1) is 17.4. The lowest BCUT2D eigenvalue weighted by Gasteiger charge is -2.22. The van der Waals surface area contributed by atoms with E-state index >= 15 is 0 Å². The van der Waals surface area contributed by atoms with E-state index in [2.05, 4.69) is 0 Å². The summed E-state index contributed by atoms with van der Waals surface area (Å²) in [7, 11) is 1.69. The van der Waals surface area contributed by atoms with E-state index in [9.17, 15) is 9.90 Å². The summed E-state index contributed by atoms with van der Waals surface area (Å²) in [5.74, 6) is 0.377. The average Bonchev–Trinajstić information content (AvgIpc) is 2.53. The minimum absolute atomic E-state index is 0.186. The van der Waals surface area contributed by atoms with Crippen molar-refractivity contribution in [2.75, 3.05) is 7.05 Å². The van der Waals surface area contributed by atoms with Gasteiger partial charge in [0.1, 0.15) is 16.5 Å². The van der Waals surface area contributed by atoms with Crippen molar-refractivity contribution in [3.05, 3.63) is 58.1 Å². The summed E-state index contributed by atoms with van der Waals surface area (Å²) in [6.07, 6.45) is -0.701. The summed E-state index contributed by atoms with van der Waals surface area (Å²) in [6.45, 7) is 2.07. The zero-order chi connectivity index (χ0) is 17.0. The van der Waals surface area contributed by atoms with E-state index in [0.29, 0.717) is 17.3 Å². The zero-order valence-electron chi connectivity index (χ0n) is 12.8. The molecule has 0 unspecified atom stereocenters. The average molecular weight is 354 g/mol. The third-order valence-corrected chi connectivity index (χ3v) is 4.10. The van der Waals surface area contributed by atoms with Crippen LogP contribution in [0, 0.1) is 0 Å². The van der Waals surface area contributed by atoms with Crippen molar-refractivity contribution in [1.29, 1.82) is 0 Å². The van der Waals surface area contributed by atoms with Gasteiger partial charge in [-0.15, -0.1) is 0 Å². The monoisotopic (exact) mass is 353 g/mol. The van der Waals surface area contributed by atoms with Crippen molar-refractivity contribution in [1.82, 2.24) is 4.90 Å². The van der Waals surface area contributed by atoms with Crippen LogP contribution in [0.5, 0.6) is 11.5 Å². The molecule has 23 heavy (non-hydrogen) atoms. The predicted octanol–water partition coefficient (Wildman–Crippen LogP) is 4.12. The second kappa shape index (κ2) is 7.57. The van der Waals surface area contributed by atoms with Crippen LogP contribution in [-0.4, -0.2) is 29.1 Å². The molecule has 0 heterocycles. The molecule has 0 aromatic heterocycles. The van der Waals surface area contributed by atoms with E-state index in [0.717, 1.165) is 5.56 Å². The minimum Gasteiger partial charge on any atom is -0.508 e. The Balaban J connectivity index is 2.01. The van der Waals surface area contributed by atoms with E-state index in [1.165, 1.54) is 0 Å². The van der Waals surface area contributed by atoms with Gasteiger partial charge in [0.25, 0.3) is 5.91 Å². The smallest absolute Gasteiger partial charge is 0.263 e. The lowest BCUT2D eigenvalue weighted by Crippen LogP contribution is -2.37. The van der Waals surface area contributed by atoms with Gasteiger partial charge in [-0.2, -0.15) is 0 Å². The molecule has 0 fully saturated rings.